The van der Waals surface area contributed by atoms with Crippen LogP contribution in [0, 0.1) is 0 Å². The molecule has 1 atom stereocenters. The van der Waals surface area contributed by atoms with E-state index in [1.807, 2.05) is 47.1 Å². The molecule has 0 bridgehead atoms. The SMILES string of the molecule is CCn1cc(CN2Cc3ccccc3CC2C(=O)O)cn1. The first-order valence-corrected chi connectivity index (χ1v) is 7.22. The van der Waals surface area contributed by atoms with Crippen LogP contribution in [0.5, 0.6) is 0 Å². The Morgan fingerprint density at radius 2 is 2.14 bits per heavy atom. The van der Waals surface area contributed by atoms with Gasteiger partial charge in [-0.05, 0) is 24.5 Å². The van der Waals surface area contributed by atoms with Gasteiger partial charge in [-0.2, -0.15) is 5.10 Å². The van der Waals surface area contributed by atoms with Crippen LogP contribution >= 0.6 is 0 Å². The molecule has 1 aromatic carbocycles. The number of carbonyl (C=O) groups is 1. The molecule has 0 saturated carbocycles. The molecule has 1 unspecified atom stereocenters. The molecule has 0 spiro atoms. The van der Waals surface area contributed by atoms with E-state index in [-0.39, 0.29) is 0 Å². The van der Waals surface area contributed by atoms with Crippen molar-refractivity contribution in [2.45, 2.75) is 39.0 Å². The molecule has 5 nitrogen and oxygen atoms in total. The molecule has 0 fully saturated rings. The van der Waals surface area contributed by atoms with Crippen LogP contribution < -0.4 is 0 Å². The number of aryl methyl sites for hydroxylation is 1. The minimum atomic E-state index is -0.757. The number of hydrogen-bond donors (Lipinski definition) is 1. The van der Waals surface area contributed by atoms with E-state index in [0.717, 1.165) is 17.7 Å². The zero-order chi connectivity index (χ0) is 14.8. The van der Waals surface area contributed by atoms with Gasteiger partial charge >= 0.3 is 5.97 Å². The summed E-state index contributed by atoms with van der Waals surface area (Å²) >= 11 is 0. The van der Waals surface area contributed by atoms with Crippen molar-refractivity contribution in [2.75, 3.05) is 0 Å². The molecule has 110 valence electrons. The second kappa shape index (κ2) is 5.69. The van der Waals surface area contributed by atoms with Crippen molar-refractivity contribution in [1.29, 1.82) is 0 Å². The van der Waals surface area contributed by atoms with Gasteiger partial charge in [-0.15, -0.1) is 0 Å². The number of carboxylic acids is 1. The summed E-state index contributed by atoms with van der Waals surface area (Å²) in [5.74, 6) is -0.757. The number of rotatable bonds is 4. The lowest BCUT2D eigenvalue weighted by Gasteiger charge is -2.34. The predicted octanol–water partition coefficient (Wildman–Crippen LogP) is 1.91. The molecule has 0 aliphatic carbocycles. The summed E-state index contributed by atoms with van der Waals surface area (Å²) in [6.07, 6.45) is 4.37. The summed E-state index contributed by atoms with van der Waals surface area (Å²) < 4.78 is 1.86. The van der Waals surface area contributed by atoms with Gasteiger partial charge in [-0.3, -0.25) is 14.4 Å². The Hall–Kier alpha value is -2.14. The molecular formula is C16H19N3O2. The summed E-state index contributed by atoms with van der Waals surface area (Å²) in [6.45, 7) is 4.15. The zero-order valence-electron chi connectivity index (χ0n) is 12.1. The molecule has 2 heterocycles. The fraction of sp³-hybridized carbons (Fsp3) is 0.375. The monoisotopic (exact) mass is 285 g/mol. The lowest BCUT2D eigenvalue weighted by molar-refractivity contribution is -0.144. The second-order valence-electron chi connectivity index (χ2n) is 5.44. The Morgan fingerprint density at radius 1 is 1.38 bits per heavy atom. The third-order valence-corrected chi connectivity index (χ3v) is 4.03. The van der Waals surface area contributed by atoms with Crippen molar-refractivity contribution in [2.24, 2.45) is 0 Å². The van der Waals surface area contributed by atoms with Gasteiger partial charge in [0.1, 0.15) is 6.04 Å². The number of carboxylic acid groups (broad SMARTS) is 1. The van der Waals surface area contributed by atoms with Gasteiger partial charge in [0.05, 0.1) is 6.20 Å². The Kier molecular flexibility index (Phi) is 3.75. The van der Waals surface area contributed by atoms with E-state index >= 15 is 0 Å². The molecule has 0 amide bonds. The van der Waals surface area contributed by atoms with Crippen molar-refractivity contribution in [1.82, 2.24) is 14.7 Å². The number of nitrogens with zero attached hydrogens (tertiary/aromatic N) is 3. The van der Waals surface area contributed by atoms with Crippen LogP contribution in [0.15, 0.2) is 36.7 Å². The van der Waals surface area contributed by atoms with E-state index in [1.54, 1.807) is 0 Å². The molecular weight excluding hydrogens is 266 g/mol. The summed E-state index contributed by atoms with van der Waals surface area (Å²) in [6, 6.07) is 7.62. The van der Waals surface area contributed by atoms with Crippen molar-refractivity contribution in [3.8, 4) is 0 Å². The molecule has 5 heteroatoms. The molecule has 0 saturated heterocycles. The van der Waals surface area contributed by atoms with E-state index < -0.39 is 12.0 Å². The van der Waals surface area contributed by atoms with Gasteiger partial charge in [0.15, 0.2) is 0 Å². The molecule has 1 aromatic heterocycles. The molecule has 3 rings (SSSR count). The first-order valence-electron chi connectivity index (χ1n) is 7.22. The van der Waals surface area contributed by atoms with Gasteiger partial charge in [0.2, 0.25) is 0 Å². The fourth-order valence-electron chi connectivity index (χ4n) is 2.88. The third-order valence-electron chi connectivity index (χ3n) is 4.03. The average molecular weight is 285 g/mol. The Bertz CT molecular complexity index is 650. The van der Waals surface area contributed by atoms with Gasteiger partial charge in [-0.1, -0.05) is 24.3 Å². The highest BCUT2D eigenvalue weighted by Gasteiger charge is 2.31. The minimum Gasteiger partial charge on any atom is -0.480 e. The maximum atomic E-state index is 11.6. The molecule has 0 radical (unpaired) electrons. The van der Waals surface area contributed by atoms with Gasteiger partial charge < -0.3 is 5.11 Å². The highest BCUT2D eigenvalue weighted by molar-refractivity contribution is 5.74. The third kappa shape index (κ3) is 2.83. The van der Waals surface area contributed by atoms with E-state index in [9.17, 15) is 9.90 Å². The number of aliphatic carboxylic acids is 1. The summed E-state index contributed by atoms with van der Waals surface area (Å²) in [5, 5.41) is 13.8. The van der Waals surface area contributed by atoms with Gasteiger partial charge in [0.25, 0.3) is 0 Å². The maximum absolute atomic E-state index is 11.6. The van der Waals surface area contributed by atoms with Crippen LogP contribution in [0.2, 0.25) is 0 Å². The highest BCUT2D eigenvalue weighted by Crippen LogP contribution is 2.25. The van der Waals surface area contributed by atoms with Crippen LogP contribution in [0.4, 0.5) is 0 Å². The number of aromatic nitrogens is 2. The zero-order valence-corrected chi connectivity index (χ0v) is 12.1. The molecule has 1 aliphatic heterocycles. The number of hydrogen-bond acceptors (Lipinski definition) is 3. The maximum Gasteiger partial charge on any atom is 0.321 e. The van der Waals surface area contributed by atoms with Crippen LogP contribution in [0.1, 0.15) is 23.6 Å². The molecule has 1 N–H and O–H groups in total. The predicted molar refractivity (Wildman–Crippen MR) is 78.7 cm³/mol. The Morgan fingerprint density at radius 3 is 2.81 bits per heavy atom. The molecule has 1 aliphatic rings. The summed E-state index contributed by atoms with van der Waals surface area (Å²) in [4.78, 5) is 13.6. The van der Waals surface area contributed by atoms with Crippen molar-refractivity contribution in [3.63, 3.8) is 0 Å². The van der Waals surface area contributed by atoms with Crippen molar-refractivity contribution >= 4 is 5.97 Å². The normalized spacial score (nSPS) is 18.4. The summed E-state index contributed by atoms with van der Waals surface area (Å²) in [5.41, 5.74) is 3.42. The fourth-order valence-corrected chi connectivity index (χ4v) is 2.88. The quantitative estimate of drug-likeness (QED) is 0.932. The average Bonchev–Trinajstić information content (AvgIpc) is 2.94. The standard InChI is InChI=1S/C16H19N3O2/c1-2-19-10-12(8-17-19)9-18-11-14-6-4-3-5-13(14)7-15(18)16(20)21/h3-6,8,10,15H,2,7,9,11H2,1H3,(H,20,21). The van der Waals surface area contributed by atoms with E-state index in [4.69, 9.17) is 0 Å². The molecule has 21 heavy (non-hydrogen) atoms. The first kappa shape index (κ1) is 13.8. The van der Waals surface area contributed by atoms with E-state index in [0.29, 0.717) is 19.5 Å². The summed E-state index contributed by atoms with van der Waals surface area (Å²) in [7, 11) is 0. The largest absolute Gasteiger partial charge is 0.480 e. The number of fused-ring (bicyclic) bond motifs is 1. The second-order valence-corrected chi connectivity index (χ2v) is 5.44. The number of benzene rings is 1. The van der Waals surface area contributed by atoms with Crippen molar-refractivity contribution in [3.05, 3.63) is 53.3 Å². The smallest absolute Gasteiger partial charge is 0.321 e. The molecule has 2 aromatic rings. The minimum absolute atomic E-state index is 0.468. The van der Waals surface area contributed by atoms with Crippen LogP contribution in [0.25, 0.3) is 0 Å². The van der Waals surface area contributed by atoms with Crippen LogP contribution in [-0.2, 0) is 30.8 Å². The van der Waals surface area contributed by atoms with Crippen LogP contribution in [-0.4, -0.2) is 31.8 Å². The Balaban J connectivity index is 1.83. The van der Waals surface area contributed by atoms with E-state index in [1.165, 1.54) is 5.56 Å². The first-order chi connectivity index (χ1) is 10.2. The van der Waals surface area contributed by atoms with Crippen LogP contribution in [0.3, 0.4) is 0 Å². The van der Waals surface area contributed by atoms with Crippen molar-refractivity contribution < 1.29 is 9.90 Å². The lowest BCUT2D eigenvalue weighted by Crippen LogP contribution is -2.44. The van der Waals surface area contributed by atoms with Gasteiger partial charge in [0, 0.05) is 31.4 Å². The lowest BCUT2D eigenvalue weighted by atomic mass is 9.94. The highest BCUT2D eigenvalue weighted by atomic mass is 16.4. The Labute approximate surface area is 123 Å². The van der Waals surface area contributed by atoms with E-state index in [2.05, 4.69) is 11.2 Å². The van der Waals surface area contributed by atoms with Gasteiger partial charge in [-0.25, -0.2) is 0 Å². The topological polar surface area (TPSA) is 58.4 Å².